The van der Waals surface area contributed by atoms with Gasteiger partial charge in [-0.25, -0.2) is 0 Å². The first-order valence-electron chi connectivity index (χ1n) is 4.66. The number of rotatable bonds is 2. The van der Waals surface area contributed by atoms with Gasteiger partial charge in [-0.1, -0.05) is 0 Å². The van der Waals surface area contributed by atoms with Crippen LogP contribution in [0.25, 0.3) is 11.0 Å². The first-order chi connectivity index (χ1) is 8.02. The highest BCUT2D eigenvalue weighted by Crippen LogP contribution is 2.22. The van der Waals surface area contributed by atoms with Gasteiger partial charge in [-0.2, -0.15) is 0 Å². The van der Waals surface area contributed by atoms with Crippen LogP contribution in [0.1, 0.15) is 5.56 Å². The van der Waals surface area contributed by atoms with Crippen molar-refractivity contribution in [2.75, 3.05) is 0 Å². The highest BCUT2D eigenvalue weighted by molar-refractivity contribution is 5.78. The van der Waals surface area contributed by atoms with Crippen molar-refractivity contribution in [2.24, 2.45) is 5.73 Å². The molecule has 0 unspecified atom stereocenters. The van der Waals surface area contributed by atoms with Crippen LogP contribution in [0.4, 0.5) is 5.69 Å². The van der Waals surface area contributed by atoms with Crippen LogP contribution < -0.4 is 16.9 Å². The highest BCUT2D eigenvalue weighted by atomic mass is 16.6. The molecular formula is C9H8N4O4. The van der Waals surface area contributed by atoms with Crippen LogP contribution in [-0.4, -0.2) is 14.9 Å². The standard InChI is InChI=1S/C9H8N4O4/c10-3-4-1-5-6(2-7(4)13(16)17)12-9(15)8(14)11-5/h1-2H,3,10H2,(H,11,14)(H,12,15). The Labute approximate surface area is 93.2 Å². The van der Waals surface area contributed by atoms with Crippen molar-refractivity contribution in [3.63, 3.8) is 0 Å². The molecule has 0 aliphatic heterocycles. The Kier molecular flexibility index (Phi) is 2.48. The van der Waals surface area contributed by atoms with Gasteiger partial charge in [0.25, 0.3) is 5.69 Å². The minimum Gasteiger partial charge on any atom is -0.326 e. The minimum absolute atomic E-state index is 0.0343. The smallest absolute Gasteiger partial charge is 0.314 e. The van der Waals surface area contributed by atoms with Crippen molar-refractivity contribution in [2.45, 2.75) is 6.54 Å². The van der Waals surface area contributed by atoms with Gasteiger partial charge in [0.2, 0.25) is 0 Å². The fourth-order valence-electron chi connectivity index (χ4n) is 1.53. The summed E-state index contributed by atoms with van der Waals surface area (Å²) in [5.41, 5.74) is 4.30. The number of fused-ring (bicyclic) bond motifs is 1. The lowest BCUT2D eigenvalue weighted by molar-refractivity contribution is -0.385. The van der Waals surface area contributed by atoms with E-state index in [1.807, 2.05) is 0 Å². The maximum atomic E-state index is 11.1. The molecule has 0 bridgehead atoms. The third-order valence-corrected chi connectivity index (χ3v) is 2.34. The molecule has 0 spiro atoms. The summed E-state index contributed by atoms with van der Waals surface area (Å²) in [6.07, 6.45) is 0. The molecule has 0 atom stereocenters. The lowest BCUT2D eigenvalue weighted by atomic mass is 10.1. The second-order valence-corrected chi connectivity index (χ2v) is 3.40. The monoisotopic (exact) mass is 236 g/mol. The van der Waals surface area contributed by atoms with Gasteiger partial charge in [-0.05, 0) is 6.07 Å². The number of nitro groups is 1. The van der Waals surface area contributed by atoms with E-state index in [0.717, 1.165) is 0 Å². The molecule has 2 aromatic rings. The van der Waals surface area contributed by atoms with E-state index in [9.17, 15) is 19.7 Å². The van der Waals surface area contributed by atoms with Crippen LogP contribution in [0.15, 0.2) is 21.7 Å². The summed E-state index contributed by atoms with van der Waals surface area (Å²) < 4.78 is 0. The van der Waals surface area contributed by atoms with E-state index in [0.29, 0.717) is 5.52 Å². The molecule has 0 radical (unpaired) electrons. The first kappa shape index (κ1) is 11.0. The maximum absolute atomic E-state index is 11.1. The number of benzene rings is 1. The quantitative estimate of drug-likeness (QED) is 0.370. The van der Waals surface area contributed by atoms with E-state index in [2.05, 4.69) is 9.97 Å². The molecule has 1 aromatic heterocycles. The molecule has 2 rings (SSSR count). The van der Waals surface area contributed by atoms with Gasteiger partial charge in [0.15, 0.2) is 0 Å². The molecule has 0 aliphatic carbocycles. The molecule has 0 aliphatic rings. The lowest BCUT2D eigenvalue weighted by Crippen LogP contribution is -2.29. The SMILES string of the molecule is NCc1cc2[nH]c(=O)c(=O)[nH]c2cc1[N+](=O)[O-]. The number of aromatic nitrogens is 2. The van der Waals surface area contributed by atoms with Crippen molar-refractivity contribution in [1.29, 1.82) is 0 Å². The predicted octanol–water partition coefficient (Wildman–Crippen LogP) is -0.417. The van der Waals surface area contributed by atoms with E-state index in [1.54, 1.807) is 0 Å². The van der Waals surface area contributed by atoms with Crippen LogP contribution in [0, 0.1) is 10.1 Å². The number of nitrogens with two attached hydrogens (primary N) is 1. The van der Waals surface area contributed by atoms with Crippen molar-refractivity contribution >= 4 is 16.7 Å². The molecule has 8 heteroatoms. The van der Waals surface area contributed by atoms with E-state index >= 15 is 0 Å². The number of aromatic amines is 2. The molecule has 0 fully saturated rings. The van der Waals surface area contributed by atoms with Gasteiger partial charge in [-0.3, -0.25) is 19.7 Å². The summed E-state index contributed by atoms with van der Waals surface area (Å²) in [6.45, 7) is -0.0343. The fourth-order valence-corrected chi connectivity index (χ4v) is 1.53. The summed E-state index contributed by atoms with van der Waals surface area (Å²) in [5.74, 6) is 0. The largest absolute Gasteiger partial charge is 0.326 e. The summed E-state index contributed by atoms with van der Waals surface area (Å²) in [6, 6.07) is 2.56. The zero-order chi connectivity index (χ0) is 12.6. The van der Waals surface area contributed by atoms with E-state index < -0.39 is 16.0 Å². The van der Waals surface area contributed by atoms with Crippen LogP contribution in [0.2, 0.25) is 0 Å². The topological polar surface area (TPSA) is 135 Å². The number of hydrogen-bond acceptors (Lipinski definition) is 5. The van der Waals surface area contributed by atoms with Gasteiger partial charge in [-0.15, -0.1) is 0 Å². The normalized spacial score (nSPS) is 10.6. The molecule has 1 heterocycles. The number of hydrogen-bond donors (Lipinski definition) is 3. The summed E-state index contributed by atoms with van der Waals surface area (Å²) in [4.78, 5) is 36.9. The zero-order valence-electron chi connectivity index (χ0n) is 8.52. The lowest BCUT2D eigenvalue weighted by Gasteiger charge is -2.02. The van der Waals surface area contributed by atoms with Crippen LogP contribution >= 0.6 is 0 Å². The van der Waals surface area contributed by atoms with Gasteiger partial charge in [0.1, 0.15) is 0 Å². The van der Waals surface area contributed by atoms with Crippen LogP contribution in [0.5, 0.6) is 0 Å². The van der Waals surface area contributed by atoms with Gasteiger partial charge >= 0.3 is 11.1 Å². The molecule has 1 aromatic carbocycles. The van der Waals surface area contributed by atoms with Gasteiger partial charge < -0.3 is 15.7 Å². The number of nitrogens with zero attached hydrogens (tertiary/aromatic N) is 1. The van der Waals surface area contributed by atoms with Crippen LogP contribution in [-0.2, 0) is 6.54 Å². The Bertz CT molecular complexity index is 715. The third-order valence-electron chi connectivity index (χ3n) is 2.34. The van der Waals surface area contributed by atoms with Crippen LogP contribution in [0.3, 0.4) is 0 Å². The van der Waals surface area contributed by atoms with Crippen molar-refractivity contribution in [3.05, 3.63) is 48.5 Å². The van der Waals surface area contributed by atoms with Crippen molar-refractivity contribution in [3.8, 4) is 0 Å². The Morgan fingerprint density at radius 1 is 1.18 bits per heavy atom. The Hall–Kier alpha value is -2.48. The molecule has 88 valence electrons. The van der Waals surface area contributed by atoms with E-state index in [1.165, 1.54) is 12.1 Å². The van der Waals surface area contributed by atoms with E-state index in [-0.39, 0.29) is 23.3 Å². The molecule has 0 saturated heterocycles. The molecule has 4 N–H and O–H groups in total. The third kappa shape index (κ3) is 1.81. The highest BCUT2D eigenvalue weighted by Gasteiger charge is 2.14. The minimum atomic E-state index is -0.854. The summed E-state index contributed by atoms with van der Waals surface area (Å²) >= 11 is 0. The average molecular weight is 236 g/mol. The molecular weight excluding hydrogens is 228 g/mol. The second-order valence-electron chi connectivity index (χ2n) is 3.40. The predicted molar refractivity (Wildman–Crippen MR) is 59.7 cm³/mol. The molecule has 8 nitrogen and oxygen atoms in total. The Morgan fingerprint density at radius 3 is 2.18 bits per heavy atom. The van der Waals surface area contributed by atoms with E-state index in [4.69, 9.17) is 5.73 Å². The van der Waals surface area contributed by atoms with Gasteiger partial charge in [0, 0.05) is 18.2 Å². The summed E-state index contributed by atoms with van der Waals surface area (Å²) in [5, 5.41) is 10.8. The summed E-state index contributed by atoms with van der Waals surface area (Å²) in [7, 11) is 0. The Morgan fingerprint density at radius 2 is 1.71 bits per heavy atom. The van der Waals surface area contributed by atoms with Crippen molar-refractivity contribution < 1.29 is 4.92 Å². The molecule has 0 amide bonds. The zero-order valence-corrected chi connectivity index (χ0v) is 8.52. The van der Waals surface area contributed by atoms with Crippen molar-refractivity contribution in [1.82, 2.24) is 9.97 Å². The fraction of sp³-hybridized carbons (Fsp3) is 0.111. The number of H-pyrrole nitrogens is 2. The average Bonchev–Trinajstić information content (AvgIpc) is 2.29. The second kappa shape index (κ2) is 3.83. The van der Waals surface area contributed by atoms with Gasteiger partial charge in [0.05, 0.1) is 16.0 Å². The molecule has 0 saturated carbocycles. The molecule has 17 heavy (non-hydrogen) atoms. The Balaban J connectivity index is 2.88. The number of nitro benzene ring substituents is 1. The number of nitrogens with one attached hydrogen (secondary N) is 2. The first-order valence-corrected chi connectivity index (χ1v) is 4.66. The maximum Gasteiger partial charge on any atom is 0.314 e.